The first-order valence-electron chi connectivity index (χ1n) is 9.94. The maximum Gasteiger partial charge on any atom is 0.276 e. The second kappa shape index (κ2) is 9.10. The molecule has 0 saturated carbocycles. The average molecular weight is 464 g/mol. The highest BCUT2D eigenvalue weighted by Gasteiger charge is 2.16. The lowest BCUT2D eigenvalue weighted by Gasteiger charge is -2.13. The Labute approximate surface area is 193 Å². The molecule has 0 aliphatic rings. The molecule has 0 radical (unpaired) electrons. The number of aryl methyl sites for hydroxylation is 2. The van der Waals surface area contributed by atoms with Gasteiger partial charge < -0.3 is 5.32 Å². The molecule has 0 aliphatic heterocycles. The van der Waals surface area contributed by atoms with Gasteiger partial charge in [0.2, 0.25) is 5.91 Å². The molecular formula is C24H21N3O3S2. The van der Waals surface area contributed by atoms with Crippen molar-refractivity contribution in [2.45, 2.75) is 25.9 Å². The number of aromatic nitrogens is 2. The summed E-state index contributed by atoms with van der Waals surface area (Å²) in [4.78, 5) is 42.1. The van der Waals surface area contributed by atoms with E-state index < -0.39 is 0 Å². The lowest BCUT2D eigenvalue weighted by atomic mass is 10.1. The van der Waals surface area contributed by atoms with Gasteiger partial charge in [-0.2, -0.15) is 0 Å². The maximum atomic E-state index is 13.3. The molecule has 0 aliphatic carbocycles. The summed E-state index contributed by atoms with van der Waals surface area (Å²) in [6, 6.07) is 14.5. The molecule has 2 aromatic carbocycles. The number of hydrogen-bond acceptors (Lipinski definition) is 6. The van der Waals surface area contributed by atoms with Crippen molar-refractivity contribution in [3.8, 4) is 5.69 Å². The number of ketones is 1. The quantitative estimate of drug-likeness (QED) is 0.247. The fourth-order valence-corrected chi connectivity index (χ4v) is 5.01. The molecule has 1 N–H and O–H groups in total. The summed E-state index contributed by atoms with van der Waals surface area (Å²) in [6.07, 6.45) is 0. The molecule has 1 amide bonds. The molecule has 8 heteroatoms. The highest BCUT2D eigenvalue weighted by molar-refractivity contribution is 7.99. The molecule has 0 saturated heterocycles. The van der Waals surface area contributed by atoms with Crippen LogP contribution in [0.3, 0.4) is 0 Å². The summed E-state index contributed by atoms with van der Waals surface area (Å²) in [6.45, 7) is 5.44. The number of carbonyl (C=O) groups excluding carboxylic acids is 2. The smallest absolute Gasteiger partial charge is 0.276 e. The molecule has 2 aromatic heterocycles. The minimum atomic E-state index is -0.248. The number of Topliss-reactive ketones (excluding diaryl/α,β-unsaturated/α-hetero) is 1. The van der Waals surface area contributed by atoms with Gasteiger partial charge in [0.1, 0.15) is 4.70 Å². The number of fused-ring (bicyclic) bond motifs is 1. The summed E-state index contributed by atoms with van der Waals surface area (Å²) in [5, 5.41) is 5.10. The van der Waals surface area contributed by atoms with Gasteiger partial charge in [-0.1, -0.05) is 30.0 Å². The van der Waals surface area contributed by atoms with Gasteiger partial charge in [0.15, 0.2) is 10.9 Å². The molecule has 2 heterocycles. The predicted molar refractivity (Wildman–Crippen MR) is 130 cm³/mol. The molecular weight excluding hydrogens is 442 g/mol. The van der Waals surface area contributed by atoms with Crippen LogP contribution in [-0.4, -0.2) is 27.0 Å². The van der Waals surface area contributed by atoms with Gasteiger partial charge in [-0.25, -0.2) is 4.98 Å². The van der Waals surface area contributed by atoms with Gasteiger partial charge in [0.05, 0.1) is 17.0 Å². The summed E-state index contributed by atoms with van der Waals surface area (Å²) < 4.78 is 2.16. The van der Waals surface area contributed by atoms with Crippen molar-refractivity contribution in [2.24, 2.45) is 0 Å². The third-order valence-corrected chi connectivity index (χ3v) is 6.63. The number of nitrogens with zero attached hydrogens (tertiary/aromatic N) is 2. The lowest BCUT2D eigenvalue weighted by molar-refractivity contribution is -0.113. The van der Waals surface area contributed by atoms with E-state index in [9.17, 15) is 14.4 Å². The third kappa shape index (κ3) is 4.66. The van der Waals surface area contributed by atoms with Crippen LogP contribution in [0.5, 0.6) is 0 Å². The van der Waals surface area contributed by atoms with Crippen LogP contribution in [0.15, 0.2) is 63.9 Å². The van der Waals surface area contributed by atoms with Gasteiger partial charge in [-0.3, -0.25) is 19.0 Å². The largest absolute Gasteiger partial charge is 0.325 e. The maximum absolute atomic E-state index is 13.3. The number of carbonyl (C=O) groups is 2. The van der Waals surface area contributed by atoms with E-state index in [4.69, 9.17) is 0 Å². The van der Waals surface area contributed by atoms with Crippen molar-refractivity contribution in [3.05, 3.63) is 81.0 Å². The van der Waals surface area contributed by atoms with Crippen molar-refractivity contribution in [1.29, 1.82) is 0 Å². The molecule has 0 unspecified atom stereocenters. The van der Waals surface area contributed by atoms with Crippen LogP contribution in [0.25, 0.3) is 15.9 Å². The number of amides is 1. The molecule has 32 heavy (non-hydrogen) atoms. The molecule has 162 valence electrons. The number of benzene rings is 2. The molecule has 0 atom stereocenters. The molecule has 0 spiro atoms. The predicted octanol–water partition coefficient (Wildman–Crippen LogP) is 5.00. The monoisotopic (exact) mass is 463 g/mol. The SMILES string of the molecule is CC(=O)c1cccc(NC(=O)CSc2nc3ccsc3c(=O)n2-c2cc(C)cc(C)c2)c1. The highest BCUT2D eigenvalue weighted by Crippen LogP contribution is 2.25. The van der Waals surface area contributed by atoms with Crippen LogP contribution >= 0.6 is 23.1 Å². The van der Waals surface area contributed by atoms with Crippen molar-refractivity contribution < 1.29 is 9.59 Å². The first-order valence-corrected chi connectivity index (χ1v) is 11.8. The molecule has 4 aromatic rings. The van der Waals surface area contributed by atoms with Crippen LogP contribution in [0.1, 0.15) is 28.4 Å². The Bertz CT molecular complexity index is 1390. The fourth-order valence-electron chi connectivity index (χ4n) is 3.44. The zero-order valence-corrected chi connectivity index (χ0v) is 19.5. The van der Waals surface area contributed by atoms with E-state index in [-0.39, 0.29) is 23.0 Å². The van der Waals surface area contributed by atoms with Gasteiger partial charge in [-0.15, -0.1) is 11.3 Å². The summed E-state index contributed by atoms with van der Waals surface area (Å²) in [5.74, 6) is -0.250. The Balaban J connectivity index is 1.64. The fraction of sp³-hybridized carbons (Fsp3) is 0.167. The van der Waals surface area contributed by atoms with Gasteiger partial charge in [0, 0.05) is 11.3 Å². The van der Waals surface area contributed by atoms with E-state index in [2.05, 4.69) is 10.3 Å². The van der Waals surface area contributed by atoms with Crippen LogP contribution in [0.4, 0.5) is 5.69 Å². The number of rotatable bonds is 6. The lowest BCUT2D eigenvalue weighted by Crippen LogP contribution is -2.22. The standard InChI is InChI=1S/C24H21N3O3S2/c1-14-9-15(2)11-19(10-14)27-23(30)22-20(7-8-31-22)26-24(27)32-13-21(29)25-18-6-4-5-17(12-18)16(3)28/h4-12H,13H2,1-3H3,(H,25,29). The summed E-state index contributed by atoms with van der Waals surface area (Å²) in [5.41, 5.74) is 4.37. The Kier molecular flexibility index (Phi) is 6.25. The number of hydrogen-bond donors (Lipinski definition) is 1. The number of anilines is 1. The second-order valence-electron chi connectivity index (χ2n) is 7.49. The first kappa shape index (κ1) is 22.0. The number of thioether (sulfide) groups is 1. The van der Waals surface area contributed by atoms with Crippen LogP contribution < -0.4 is 10.9 Å². The highest BCUT2D eigenvalue weighted by atomic mass is 32.2. The van der Waals surface area contributed by atoms with Crippen molar-refractivity contribution in [3.63, 3.8) is 0 Å². The number of thiophene rings is 1. The zero-order chi connectivity index (χ0) is 22.8. The van der Waals surface area contributed by atoms with Gasteiger partial charge in [-0.05, 0) is 67.6 Å². The van der Waals surface area contributed by atoms with E-state index in [0.29, 0.717) is 26.6 Å². The topological polar surface area (TPSA) is 81.1 Å². The van der Waals surface area contributed by atoms with Crippen LogP contribution in [0.2, 0.25) is 0 Å². The normalized spacial score (nSPS) is 11.0. The molecule has 0 fully saturated rings. The summed E-state index contributed by atoms with van der Waals surface area (Å²) in [7, 11) is 0. The van der Waals surface area contributed by atoms with Crippen molar-refractivity contribution in [2.75, 3.05) is 11.1 Å². The third-order valence-electron chi connectivity index (χ3n) is 4.80. The Morgan fingerprint density at radius 1 is 1.09 bits per heavy atom. The van der Waals surface area contributed by atoms with E-state index >= 15 is 0 Å². The molecule has 4 rings (SSSR count). The Morgan fingerprint density at radius 3 is 2.56 bits per heavy atom. The van der Waals surface area contributed by atoms with Crippen molar-refractivity contribution >= 4 is 50.7 Å². The first-order chi connectivity index (χ1) is 15.3. The van der Waals surface area contributed by atoms with Crippen LogP contribution in [-0.2, 0) is 4.79 Å². The van der Waals surface area contributed by atoms with Crippen molar-refractivity contribution in [1.82, 2.24) is 9.55 Å². The van der Waals surface area contributed by atoms with E-state index in [1.54, 1.807) is 28.8 Å². The van der Waals surface area contributed by atoms with E-state index in [0.717, 1.165) is 16.8 Å². The number of nitrogens with one attached hydrogen (secondary N) is 1. The second-order valence-corrected chi connectivity index (χ2v) is 9.35. The minimum absolute atomic E-state index is 0.0666. The molecule has 0 bridgehead atoms. The Morgan fingerprint density at radius 2 is 1.84 bits per heavy atom. The van der Waals surface area contributed by atoms with Crippen LogP contribution in [0, 0.1) is 13.8 Å². The van der Waals surface area contributed by atoms with E-state index in [1.165, 1.54) is 30.0 Å². The Hall–Kier alpha value is -3.23. The summed E-state index contributed by atoms with van der Waals surface area (Å²) >= 11 is 2.56. The molecule has 6 nitrogen and oxygen atoms in total. The average Bonchev–Trinajstić information content (AvgIpc) is 3.21. The van der Waals surface area contributed by atoms with Gasteiger partial charge >= 0.3 is 0 Å². The minimum Gasteiger partial charge on any atom is -0.325 e. The van der Waals surface area contributed by atoms with E-state index in [1.807, 2.05) is 43.5 Å². The zero-order valence-electron chi connectivity index (χ0n) is 17.8. The van der Waals surface area contributed by atoms with Gasteiger partial charge in [0.25, 0.3) is 5.56 Å².